The zero-order valence-corrected chi connectivity index (χ0v) is 5.11. The van der Waals surface area contributed by atoms with Gasteiger partial charge in [-0.3, -0.25) is 4.79 Å². The molecule has 0 radical (unpaired) electrons. The molecule has 2 nitrogen and oxygen atoms in total. The predicted molar refractivity (Wildman–Crippen MR) is 31.4 cm³/mol. The molecular weight excluding hydrogens is 102 g/mol. The fraction of sp³-hybridized carbons (Fsp3) is 0.833. The summed E-state index contributed by atoms with van der Waals surface area (Å²) in [5, 5.41) is 2.79. The van der Waals surface area contributed by atoms with E-state index in [1.165, 1.54) is 0 Å². The number of carbonyl (C=O) groups excluding carboxylic acids is 1. The normalized spacial score (nSPS) is 29.6. The fourth-order valence-corrected chi connectivity index (χ4v) is 0.856. The van der Waals surface area contributed by atoms with Crippen LogP contribution in [0.5, 0.6) is 0 Å². The van der Waals surface area contributed by atoms with Crippen molar-refractivity contribution in [3.8, 4) is 0 Å². The molecule has 1 aliphatic heterocycles. The summed E-state index contributed by atoms with van der Waals surface area (Å²) >= 11 is 0. The number of hydrogen-bond acceptors (Lipinski definition) is 1. The minimum absolute atomic E-state index is 0.211. The summed E-state index contributed by atoms with van der Waals surface area (Å²) < 4.78 is 0. The topological polar surface area (TPSA) is 29.1 Å². The molecule has 1 N–H and O–H groups in total. The van der Waals surface area contributed by atoms with Crippen molar-refractivity contribution in [1.29, 1.82) is 0 Å². The van der Waals surface area contributed by atoms with Crippen LogP contribution in [0.4, 0.5) is 0 Å². The van der Waals surface area contributed by atoms with Crippen LogP contribution in [0.15, 0.2) is 0 Å². The van der Waals surface area contributed by atoms with Gasteiger partial charge in [-0.25, -0.2) is 0 Å². The van der Waals surface area contributed by atoms with Gasteiger partial charge in [0.2, 0.25) is 5.91 Å². The van der Waals surface area contributed by atoms with Crippen LogP contribution in [-0.2, 0) is 4.79 Å². The van der Waals surface area contributed by atoms with Crippen molar-refractivity contribution in [2.75, 3.05) is 6.54 Å². The molecule has 2 heteroatoms. The average molecular weight is 113 g/mol. The van der Waals surface area contributed by atoms with Gasteiger partial charge in [-0.2, -0.15) is 0 Å². The van der Waals surface area contributed by atoms with E-state index in [0.29, 0.717) is 5.92 Å². The molecule has 0 aromatic heterocycles. The Morgan fingerprint density at radius 1 is 1.75 bits per heavy atom. The van der Waals surface area contributed by atoms with Gasteiger partial charge in [-0.15, -0.1) is 0 Å². The van der Waals surface area contributed by atoms with E-state index in [1.807, 2.05) is 0 Å². The molecular formula is C6H11NO. The van der Waals surface area contributed by atoms with Crippen molar-refractivity contribution in [2.24, 2.45) is 5.92 Å². The molecule has 1 fully saturated rings. The first kappa shape index (κ1) is 5.60. The van der Waals surface area contributed by atoms with E-state index < -0.39 is 0 Å². The number of amides is 1. The monoisotopic (exact) mass is 113 g/mol. The van der Waals surface area contributed by atoms with Gasteiger partial charge >= 0.3 is 0 Å². The van der Waals surface area contributed by atoms with Crippen LogP contribution in [0.1, 0.15) is 19.8 Å². The Morgan fingerprint density at radius 3 is 2.88 bits per heavy atom. The van der Waals surface area contributed by atoms with Crippen molar-refractivity contribution in [1.82, 2.24) is 5.32 Å². The lowest BCUT2D eigenvalue weighted by Gasteiger charge is -2.17. The maximum atomic E-state index is 10.5. The molecule has 1 aliphatic rings. The average Bonchev–Trinajstić information content (AvgIpc) is 1.77. The summed E-state index contributed by atoms with van der Waals surface area (Å²) in [5.74, 6) is 0.899. The number of hydrogen-bond donors (Lipinski definition) is 1. The zero-order valence-electron chi connectivity index (χ0n) is 5.11. The first-order valence-corrected chi connectivity index (χ1v) is 3.06. The van der Waals surface area contributed by atoms with Crippen LogP contribution in [-0.4, -0.2) is 12.5 Å². The molecule has 46 valence electrons. The van der Waals surface area contributed by atoms with E-state index in [0.717, 1.165) is 19.4 Å². The highest BCUT2D eigenvalue weighted by Crippen LogP contribution is 2.07. The Kier molecular flexibility index (Phi) is 1.51. The second kappa shape index (κ2) is 2.16. The van der Waals surface area contributed by atoms with E-state index in [9.17, 15) is 4.79 Å². The summed E-state index contributed by atoms with van der Waals surface area (Å²) in [7, 11) is 0. The Morgan fingerprint density at radius 2 is 2.50 bits per heavy atom. The lowest BCUT2D eigenvalue weighted by molar-refractivity contribution is -0.122. The highest BCUT2D eigenvalue weighted by molar-refractivity contribution is 5.76. The minimum atomic E-state index is 0.211. The van der Waals surface area contributed by atoms with Crippen LogP contribution in [0, 0.1) is 5.92 Å². The van der Waals surface area contributed by atoms with E-state index >= 15 is 0 Å². The van der Waals surface area contributed by atoms with Crippen molar-refractivity contribution in [2.45, 2.75) is 19.8 Å². The zero-order chi connectivity index (χ0) is 5.98. The van der Waals surface area contributed by atoms with Gasteiger partial charge in [0, 0.05) is 13.0 Å². The summed E-state index contributed by atoms with van der Waals surface area (Å²) in [4.78, 5) is 10.5. The fourth-order valence-electron chi connectivity index (χ4n) is 0.856. The van der Waals surface area contributed by atoms with Gasteiger partial charge in [0.05, 0.1) is 0 Å². The molecule has 0 unspecified atom stereocenters. The van der Waals surface area contributed by atoms with Crippen LogP contribution < -0.4 is 5.32 Å². The molecule has 1 atom stereocenters. The molecule has 1 saturated heterocycles. The molecule has 0 bridgehead atoms. The third-order valence-corrected chi connectivity index (χ3v) is 1.51. The van der Waals surface area contributed by atoms with Crippen LogP contribution >= 0.6 is 0 Å². The number of piperidine rings is 1. The van der Waals surface area contributed by atoms with Gasteiger partial charge in [-0.05, 0) is 12.3 Å². The smallest absolute Gasteiger partial charge is 0.220 e. The van der Waals surface area contributed by atoms with Crippen LogP contribution in [0.2, 0.25) is 0 Å². The second-order valence-corrected chi connectivity index (χ2v) is 2.45. The maximum absolute atomic E-state index is 10.5. The Bertz CT molecular complexity index is 90.7. The van der Waals surface area contributed by atoms with Crippen molar-refractivity contribution >= 4 is 5.91 Å². The van der Waals surface area contributed by atoms with Crippen molar-refractivity contribution in [3.63, 3.8) is 0 Å². The van der Waals surface area contributed by atoms with Gasteiger partial charge < -0.3 is 5.32 Å². The highest BCUT2D eigenvalue weighted by Gasteiger charge is 2.12. The van der Waals surface area contributed by atoms with Gasteiger partial charge in [0.15, 0.2) is 0 Å². The predicted octanol–water partition coefficient (Wildman–Crippen LogP) is 0.532. The Hall–Kier alpha value is -0.530. The van der Waals surface area contributed by atoms with Gasteiger partial charge in [0.1, 0.15) is 0 Å². The van der Waals surface area contributed by atoms with Crippen LogP contribution in [0.3, 0.4) is 0 Å². The molecule has 0 aliphatic carbocycles. The molecule has 1 rings (SSSR count). The number of carbonyl (C=O) groups is 1. The highest BCUT2D eigenvalue weighted by atomic mass is 16.1. The standard InChI is InChI=1S/C6H11NO/c1-5-2-3-6(8)7-4-5/h5H,2-4H2,1H3,(H,7,8)/t5-/m0/s1. The first-order chi connectivity index (χ1) is 3.79. The largest absolute Gasteiger partial charge is 0.356 e. The third-order valence-electron chi connectivity index (χ3n) is 1.51. The number of rotatable bonds is 0. The molecule has 0 saturated carbocycles. The third kappa shape index (κ3) is 1.22. The Balaban J connectivity index is 2.29. The SMILES string of the molecule is C[C@H]1CCC(=O)NC1. The van der Waals surface area contributed by atoms with Gasteiger partial charge in [0.25, 0.3) is 0 Å². The molecule has 8 heavy (non-hydrogen) atoms. The van der Waals surface area contributed by atoms with Crippen molar-refractivity contribution in [3.05, 3.63) is 0 Å². The summed E-state index contributed by atoms with van der Waals surface area (Å²) in [5.41, 5.74) is 0. The summed E-state index contributed by atoms with van der Waals surface area (Å²) in [6.07, 6.45) is 1.78. The van der Waals surface area contributed by atoms with Crippen molar-refractivity contribution < 1.29 is 4.79 Å². The lowest BCUT2D eigenvalue weighted by Crippen LogP contribution is -2.33. The van der Waals surface area contributed by atoms with E-state index in [4.69, 9.17) is 0 Å². The number of nitrogens with one attached hydrogen (secondary N) is 1. The molecule has 0 spiro atoms. The maximum Gasteiger partial charge on any atom is 0.220 e. The van der Waals surface area contributed by atoms with E-state index in [2.05, 4.69) is 12.2 Å². The van der Waals surface area contributed by atoms with E-state index in [-0.39, 0.29) is 5.91 Å². The van der Waals surface area contributed by atoms with Gasteiger partial charge in [-0.1, -0.05) is 6.92 Å². The molecule has 1 heterocycles. The summed E-state index contributed by atoms with van der Waals surface area (Å²) in [6.45, 7) is 3.03. The van der Waals surface area contributed by atoms with E-state index in [1.54, 1.807) is 0 Å². The second-order valence-electron chi connectivity index (χ2n) is 2.45. The Labute approximate surface area is 49.3 Å². The molecule has 0 aromatic rings. The molecule has 0 aromatic carbocycles. The first-order valence-electron chi connectivity index (χ1n) is 3.06. The molecule has 1 amide bonds. The van der Waals surface area contributed by atoms with Crippen LogP contribution in [0.25, 0.3) is 0 Å². The quantitative estimate of drug-likeness (QED) is 0.488. The lowest BCUT2D eigenvalue weighted by atomic mass is 10.0. The summed E-state index contributed by atoms with van der Waals surface area (Å²) in [6, 6.07) is 0. The minimum Gasteiger partial charge on any atom is -0.356 e.